The van der Waals surface area contributed by atoms with E-state index in [1.54, 1.807) is 13.1 Å². The van der Waals surface area contributed by atoms with Crippen molar-refractivity contribution in [2.75, 3.05) is 6.61 Å². The maximum absolute atomic E-state index is 11.9. The minimum absolute atomic E-state index is 0.0118. The van der Waals surface area contributed by atoms with Gasteiger partial charge >= 0.3 is 5.97 Å². The van der Waals surface area contributed by atoms with Crippen molar-refractivity contribution < 1.29 is 14.6 Å². The van der Waals surface area contributed by atoms with Gasteiger partial charge in [0.15, 0.2) is 5.65 Å². The van der Waals surface area contributed by atoms with Crippen molar-refractivity contribution in [3.8, 4) is 17.0 Å². The predicted octanol–water partition coefficient (Wildman–Crippen LogP) is 3.87. The van der Waals surface area contributed by atoms with Gasteiger partial charge in [0.25, 0.3) is 0 Å². The van der Waals surface area contributed by atoms with Gasteiger partial charge in [0, 0.05) is 11.8 Å². The van der Waals surface area contributed by atoms with Crippen LogP contribution in [-0.4, -0.2) is 32.3 Å². The number of nitrogens with zero attached hydrogens (tertiary/aromatic N) is 3. The van der Waals surface area contributed by atoms with Gasteiger partial charge in [-0.1, -0.05) is 54.6 Å². The number of benzene rings is 2. The lowest BCUT2D eigenvalue weighted by atomic mass is 10.0. The van der Waals surface area contributed by atoms with Gasteiger partial charge < -0.3 is 9.84 Å². The molecule has 0 amide bonds. The molecule has 0 aliphatic carbocycles. The van der Waals surface area contributed by atoms with Crippen LogP contribution in [0.25, 0.3) is 16.8 Å². The van der Waals surface area contributed by atoms with E-state index in [1.165, 1.54) is 21.8 Å². The quantitative estimate of drug-likeness (QED) is 0.538. The highest BCUT2D eigenvalue weighted by Crippen LogP contribution is 2.28. The molecule has 0 fully saturated rings. The lowest BCUT2D eigenvalue weighted by molar-refractivity contribution is 0.0521. The number of ether oxygens (including phenoxy) is 1. The summed E-state index contributed by atoms with van der Waals surface area (Å²) in [6.45, 7) is 1.92. The van der Waals surface area contributed by atoms with E-state index in [0.717, 1.165) is 17.5 Å². The van der Waals surface area contributed by atoms with Gasteiger partial charge in [-0.2, -0.15) is 9.61 Å². The van der Waals surface area contributed by atoms with Crippen LogP contribution >= 0.6 is 0 Å². The molecule has 1 N–H and O–H groups in total. The highest BCUT2D eigenvalue weighted by atomic mass is 16.5. The molecule has 140 valence electrons. The van der Waals surface area contributed by atoms with Crippen LogP contribution in [0.2, 0.25) is 0 Å². The monoisotopic (exact) mass is 373 g/mol. The summed E-state index contributed by atoms with van der Waals surface area (Å²) in [5, 5.41) is 14.6. The van der Waals surface area contributed by atoms with Crippen molar-refractivity contribution in [2.24, 2.45) is 0 Å². The molecule has 4 aromatic rings. The lowest BCUT2D eigenvalue weighted by Gasteiger charge is -2.06. The average Bonchev–Trinajstić information content (AvgIpc) is 3.15. The first-order chi connectivity index (χ1) is 13.7. The van der Waals surface area contributed by atoms with Crippen LogP contribution in [0.5, 0.6) is 5.88 Å². The molecule has 0 bridgehead atoms. The Kier molecular flexibility index (Phi) is 4.76. The minimum atomic E-state index is -0.628. The van der Waals surface area contributed by atoms with Crippen LogP contribution in [0.15, 0.2) is 67.0 Å². The molecule has 0 atom stereocenters. The Morgan fingerprint density at radius 2 is 1.75 bits per heavy atom. The summed E-state index contributed by atoms with van der Waals surface area (Å²) < 4.78 is 6.18. The van der Waals surface area contributed by atoms with Crippen LogP contribution in [0.3, 0.4) is 0 Å². The standard InChI is InChI=1S/C22H19N3O3/c1-2-28-22(27)19-13-23-20-18(14-24-25(20)21(19)26)17-10-8-16(9-11-17)12-15-6-4-3-5-7-15/h3-11,13-14,26H,2,12H2,1H3. The first-order valence-electron chi connectivity index (χ1n) is 9.03. The van der Waals surface area contributed by atoms with Gasteiger partial charge in [-0.3, -0.25) is 0 Å². The number of aromatic nitrogens is 3. The van der Waals surface area contributed by atoms with Crippen molar-refractivity contribution in [1.82, 2.24) is 14.6 Å². The van der Waals surface area contributed by atoms with Crippen LogP contribution in [0, 0.1) is 0 Å². The van der Waals surface area contributed by atoms with E-state index < -0.39 is 5.97 Å². The summed E-state index contributed by atoms with van der Waals surface area (Å²) in [7, 11) is 0. The summed E-state index contributed by atoms with van der Waals surface area (Å²) in [5.74, 6) is -0.910. The molecule has 2 aromatic carbocycles. The molecular weight excluding hydrogens is 354 g/mol. The number of hydrogen-bond acceptors (Lipinski definition) is 5. The molecule has 0 radical (unpaired) electrons. The highest BCUT2D eigenvalue weighted by Gasteiger charge is 2.19. The number of hydrogen-bond donors (Lipinski definition) is 1. The third kappa shape index (κ3) is 3.32. The zero-order chi connectivity index (χ0) is 19.5. The summed E-state index contributed by atoms with van der Waals surface area (Å²) in [6.07, 6.45) is 3.80. The fourth-order valence-electron chi connectivity index (χ4n) is 3.11. The molecule has 4 rings (SSSR count). The zero-order valence-corrected chi connectivity index (χ0v) is 15.4. The number of carbonyl (C=O) groups excluding carboxylic acids is 1. The number of carbonyl (C=O) groups is 1. The van der Waals surface area contributed by atoms with Gasteiger partial charge in [-0.15, -0.1) is 0 Å². The second-order valence-corrected chi connectivity index (χ2v) is 6.37. The van der Waals surface area contributed by atoms with Crippen LogP contribution in [0.4, 0.5) is 0 Å². The first-order valence-corrected chi connectivity index (χ1v) is 9.03. The molecule has 0 aliphatic rings. The Morgan fingerprint density at radius 3 is 2.46 bits per heavy atom. The number of aromatic hydroxyl groups is 1. The van der Waals surface area contributed by atoms with Crippen molar-refractivity contribution in [2.45, 2.75) is 13.3 Å². The molecule has 0 unspecified atom stereocenters. The summed E-state index contributed by atoms with van der Waals surface area (Å²) in [6, 6.07) is 18.4. The third-order valence-corrected chi connectivity index (χ3v) is 4.51. The first kappa shape index (κ1) is 17.7. The maximum Gasteiger partial charge on any atom is 0.345 e. The number of esters is 1. The molecule has 2 heterocycles. The van der Waals surface area contributed by atoms with E-state index in [0.29, 0.717) is 5.65 Å². The minimum Gasteiger partial charge on any atom is -0.493 e. The van der Waals surface area contributed by atoms with E-state index in [4.69, 9.17) is 4.74 Å². The van der Waals surface area contributed by atoms with E-state index >= 15 is 0 Å². The Labute approximate surface area is 162 Å². The molecule has 2 aromatic heterocycles. The molecule has 0 spiro atoms. The van der Waals surface area contributed by atoms with Gasteiger partial charge in [-0.25, -0.2) is 9.78 Å². The fourth-order valence-corrected chi connectivity index (χ4v) is 3.11. The highest BCUT2D eigenvalue weighted by molar-refractivity contribution is 5.92. The smallest absolute Gasteiger partial charge is 0.345 e. The maximum atomic E-state index is 11.9. The number of rotatable bonds is 5. The Morgan fingerprint density at radius 1 is 1.04 bits per heavy atom. The SMILES string of the molecule is CCOC(=O)c1cnc2c(-c3ccc(Cc4ccccc4)cc3)cnn2c1O. The predicted molar refractivity (Wildman–Crippen MR) is 105 cm³/mol. The Balaban J connectivity index is 1.64. The van der Waals surface area contributed by atoms with Gasteiger partial charge in [0.05, 0.1) is 12.8 Å². The van der Waals surface area contributed by atoms with Crippen LogP contribution < -0.4 is 0 Å². The summed E-state index contributed by atoms with van der Waals surface area (Å²) in [5.41, 5.74) is 4.62. The van der Waals surface area contributed by atoms with Gasteiger partial charge in [0.1, 0.15) is 5.56 Å². The number of fused-ring (bicyclic) bond motifs is 1. The van der Waals surface area contributed by atoms with E-state index in [2.05, 4.69) is 34.3 Å². The van der Waals surface area contributed by atoms with Crippen molar-refractivity contribution in [3.05, 3.63) is 83.7 Å². The molecule has 0 aliphatic heterocycles. The van der Waals surface area contributed by atoms with Crippen molar-refractivity contribution >= 4 is 11.6 Å². The Bertz CT molecular complexity index is 1120. The molecule has 28 heavy (non-hydrogen) atoms. The second-order valence-electron chi connectivity index (χ2n) is 6.37. The second kappa shape index (κ2) is 7.52. The van der Waals surface area contributed by atoms with Crippen LogP contribution in [-0.2, 0) is 11.2 Å². The third-order valence-electron chi connectivity index (χ3n) is 4.51. The van der Waals surface area contributed by atoms with E-state index in [1.807, 2.05) is 30.3 Å². The largest absolute Gasteiger partial charge is 0.493 e. The topological polar surface area (TPSA) is 76.7 Å². The Hall–Kier alpha value is -3.67. The van der Waals surface area contributed by atoms with Gasteiger partial charge in [0.2, 0.25) is 5.88 Å². The van der Waals surface area contributed by atoms with Crippen molar-refractivity contribution in [3.63, 3.8) is 0 Å². The summed E-state index contributed by atoms with van der Waals surface area (Å²) in [4.78, 5) is 16.2. The molecule has 0 saturated heterocycles. The molecular formula is C22H19N3O3. The zero-order valence-electron chi connectivity index (χ0n) is 15.4. The normalized spacial score (nSPS) is 10.9. The van der Waals surface area contributed by atoms with Gasteiger partial charge in [-0.05, 0) is 30.0 Å². The summed E-state index contributed by atoms with van der Waals surface area (Å²) >= 11 is 0. The molecule has 6 heteroatoms. The van der Waals surface area contributed by atoms with E-state index in [9.17, 15) is 9.90 Å². The average molecular weight is 373 g/mol. The molecule has 0 saturated carbocycles. The van der Waals surface area contributed by atoms with Crippen LogP contribution in [0.1, 0.15) is 28.4 Å². The van der Waals surface area contributed by atoms with Crippen molar-refractivity contribution in [1.29, 1.82) is 0 Å². The molecule has 6 nitrogen and oxygen atoms in total. The van der Waals surface area contributed by atoms with E-state index in [-0.39, 0.29) is 18.1 Å². The lowest BCUT2D eigenvalue weighted by Crippen LogP contribution is -2.08. The fraction of sp³-hybridized carbons (Fsp3) is 0.136.